The van der Waals surface area contributed by atoms with Crippen LogP contribution in [-0.2, 0) is 19.3 Å². The van der Waals surface area contributed by atoms with Gasteiger partial charge in [0.2, 0.25) is 0 Å². The average molecular weight is 324 g/mol. The molecule has 2 aliphatic heterocycles. The van der Waals surface area contributed by atoms with E-state index in [9.17, 15) is 4.39 Å². The molecule has 0 saturated carbocycles. The molecule has 2 aliphatic rings. The summed E-state index contributed by atoms with van der Waals surface area (Å²) in [6.45, 7) is 3.70. The van der Waals surface area contributed by atoms with Crippen molar-refractivity contribution in [2.45, 2.75) is 25.4 Å². The van der Waals surface area contributed by atoms with Crippen molar-refractivity contribution in [3.05, 3.63) is 65.2 Å². The van der Waals surface area contributed by atoms with Crippen molar-refractivity contribution >= 4 is 5.69 Å². The Morgan fingerprint density at radius 3 is 2.75 bits per heavy atom. The first-order valence-electron chi connectivity index (χ1n) is 9.03. The lowest BCUT2D eigenvalue weighted by molar-refractivity contribution is 0.0706. The summed E-state index contributed by atoms with van der Waals surface area (Å²) in [6, 6.07) is 16.6. The molecule has 1 unspecified atom stereocenters. The Morgan fingerprint density at radius 1 is 1.08 bits per heavy atom. The summed E-state index contributed by atoms with van der Waals surface area (Å²) in [5.41, 5.74) is 5.40. The fraction of sp³-hybridized carbons (Fsp3) is 0.429. The van der Waals surface area contributed by atoms with Crippen molar-refractivity contribution in [3.63, 3.8) is 0 Å². The van der Waals surface area contributed by atoms with E-state index in [1.54, 1.807) is 0 Å². The standard InChI is InChI=1S/C21H25FN2/c22-19(12-16-5-2-1-3-6-16)15-24-13-17(14-24)11-18-7-4-8-21-20(18)9-10-23-21/h1-8,17,19,23H,9-15H2. The molecule has 1 saturated heterocycles. The number of benzene rings is 2. The largest absolute Gasteiger partial charge is 0.384 e. The number of nitrogens with zero attached hydrogens (tertiary/aromatic N) is 1. The third-order valence-electron chi connectivity index (χ3n) is 5.26. The summed E-state index contributed by atoms with van der Waals surface area (Å²) in [5.74, 6) is 0.682. The van der Waals surface area contributed by atoms with Crippen LogP contribution in [0.4, 0.5) is 10.1 Å². The lowest BCUT2D eigenvalue weighted by atomic mass is 9.89. The van der Waals surface area contributed by atoms with E-state index in [0.717, 1.165) is 38.0 Å². The van der Waals surface area contributed by atoms with Crippen LogP contribution in [0.15, 0.2) is 48.5 Å². The maximum absolute atomic E-state index is 14.2. The molecule has 0 spiro atoms. The summed E-state index contributed by atoms with van der Waals surface area (Å²) < 4.78 is 14.2. The van der Waals surface area contributed by atoms with Gasteiger partial charge in [0.25, 0.3) is 0 Å². The van der Waals surface area contributed by atoms with Crippen molar-refractivity contribution in [3.8, 4) is 0 Å². The van der Waals surface area contributed by atoms with E-state index < -0.39 is 6.17 Å². The number of hydrogen-bond donors (Lipinski definition) is 1. The van der Waals surface area contributed by atoms with Crippen LogP contribution in [0.5, 0.6) is 0 Å². The zero-order valence-corrected chi connectivity index (χ0v) is 14.0. The summed E-state index contributed by atoms with van der Waals surface area (Å²) in [7, 11) is 0. The van der Waals surface area contributed by atoms with Gasteiger partial charge in [0.05, 0.1) is 0 Å². The molecule has 3 heteroatoms. The minimum atomic E-state index is -0.765. The first-order chi connectivity index (χ1) is 11.8. The topological polar surface area (TPSA) is 15.3 Å². The van der Waals surface area contributed by atoms with Crippen molar-refractivity contribution in [2.75, 3.05) is 31.5 Å². The van der Waals surface area contributed by atoms with Crippen molar-refractivity contribution in [2.24, 2.45) is 5.92 Å². The smallest absolute Gasteiger partial charge is 0.117 e. The molecule has 126 valence electrons. The molecule has 1 fully saturated rings. The Bertz CT molecular complexity index is 679. The second kappa shape index (κ2) is 6.94. The van der Waals surface area contributed by atoms with Gasteiger partial charge >= 0.3 is 0 Å². The van der Waals surface area contributed by atoms with E-state index in [1.807, 2.05) is 30.3 Å². The SMILES string of the molecule is FC(Cc1ccccc1)CN1CC(Cc2cccc3c2CCN3)C1. The Hall–Kier alpha value is -1.87. The molecule has 0 bridgehead atoms. The molecule has 0 amide bonds. The molecule has 2 aromatic carbocycles. The lowest BCUT2D eigenvalue weighted by Crippen LogP contribution is -2.50. The monoisotopic (exact) mass is 324 g/mol. The van der Waals surface area contributed by atoms with Crippen molar-refractivity contribution in [1.29, 1.82) is 0 Å². The van der Waals surface area contributed by atoms with Crippen LogP contribution in [0, 0.1) is 5.92 Å². The second-order valence-corrected chi connectivity index (χ2v) is 7.20. The molecular formula is C21H25FN2. The maximum Gasteiger partial charge on any atom is 0.117 e. The number of nitrogens with one attached hydrogen (secondary N) is 1. The maximum atomic E-state index is 14.2. The predicted molar refractivity (Wildman–Crippen MR) is 97.3 cm³/mol. The second-order valence-electron chi connectivity index (χ2n) is 7.20. The Labute approximate surface area is 143 Å². The van der Waals surface area contributed by atoms with Crippen molar-refractivity contribution < 1.29 is 4.39 Å². The highest BCUT2D eigenvalue weighted by Gasteiger charge is 2.29. The number of rotatable bonds is 6. The van der Waals surface area contributed by atoms with Gasteiger partial charge in [0, 0.05) is 38.3 Å². The minimum absolute atomic E-state index is 0.528. The fourth-order valence-corrected chi connectivity index (χ4v) is 4.09. The summed E-state index contributed by atoms with van der Waals surface area (Å²) in [4.78, 5) is 2.26. The number of anilines is 1. The lowest BCUT2D eigenvalue weighted by Gasteiger charge is -2.40. The zero-order chi connectivity index (χ0) is 16.4. The molecule has 0 aliphatic carbocycles. The molecule has 2 heterocycles. The highest BCUT2D eigenvalue weighted by atomic mass is 19.1. The molecule has 0 radical (unpaired) electrons. The van der Waals surface area contributed by atoms with E-state index in [-0.39, 0.29) is 0 Å². The van der Waals surface area contributed by atoms with Gasteiger partial charge in [0.1, 0.15) is 6.17 Å². The normalized spacial score (nSPS) is 18.7. The van der Waals surface area contributed by atoms with Gasteiger partial charge in [-0.25, -0.2) is 4.39 Å². The fourth-order valence-electron chi connectivity index (χ4n) is 4.09. The van der Waals surface area contributed by atoms with E-state index >= 15 is 0 Å². The molecule has 2 nitrogen and oxygen atoms in total. The third kappa shape index (κ3) is 3.46. The summed E-state index contributed by atoms with van der Waals surface area (Å²) in [5, 5.41) is 3.45. The van der Waals surface area contributed by atoms with Gasteiger partial charge in [-0.3, -0.25) is 4.90 Å². The van der Waals surface area contributed by atoms with Gasteiger partial charge in [-0.2, -0.15) is 0 Å². The highest BCUT2D eigenvalue weighted by molar-refractivity contribution is 5.58. The molecule has 2 aromatic rings. The summed E-state index contributed by atoms with van der Waals surface area (Å²) >= 11 is 0. The van der Waals surface area contributed by atoms with Crippen LogP contribution in [0.25, 0.3) is 0 Å². The number of alkyl halides is 1. The quantitative estimate of drug-likeness (QED) is 0.871. The number of fused-ring (bicyclic) bond motifs is 1. The predicted octanol–water partition coefficient (Wildman–Crippen LogP) is 3.71. The molecule has 24 heavy (non-hydrogen) atoms. The number of likely N-dealkylation sites (tertiary alicyclic amines) is 1. The van der Waals surface area contributed by atoms with E-state index in [4.69, 9.17) is 0 Å². The average Bonchev–Trinajstić information content (AvgIpc) is 3.03. The highest BCUT2D eigenvalue weighted by Crippen LogP contribution is 2.29. The van der Waals surface area contributed by atoms with Crippen LogP contribution in [0.2, 0.25) is 0 Å². The molecule has 1 atom stereocenters. The first kappa shape index (κ1) is 15.6. The van der Waals surface area contributed by atoms with Crippen LogP contribution in [0.1, 0.15) is 16.7 Å². The Morgan fingerprint density at radius 2 is 1.92 bits per heavy atom. The molecule has 4 rings (SSSR count). The Kier molecular flexibility index (Phi) is 4.52. The van der Waals surface area contributed by atoms with Gasteiger partial charge < -0.3 is 5.32 Å². The third-order valence-corrected chi connectivity index (χ3v) is 5.26. The minimum Gasteiger partial charge on any atom is -0.384 e. The van der Waals surface area contributed by atoms with Gasteiger partial charge in [-0.15, -0.1) is 0 Å². The van der Waals surface area contributed by atoms with Crippen LogP contribution in [-0.4, -0.2) is 37.3 Å². The van der Waals surface area contributed by atoms with Crippen LogP contribution >= 0.6 is 0 Å². The van der Waals surface area contributed by atoms with Crippen molar-refractivity contribution in [1.82, 2.24) is 4.90 Å². The number of hydrogen-bond acceptors (Lipinski definition) is 2. The Balaban J connectivity index is 1.25. The van der Waals surface area contributed by atoms with Crippen LogP contribution in [0.3, 0.4) is 0 Å². The van der Waals surface area contributed by atoms with Gasteiger partial charge in [-0.05, 0) is 41.5 Å². The summed E-state index contributed by atoms with van der Waals surface area (Å²) in [6.07, 6.45) is 2.04. The zero-order valence-electron chi connectivity index (χ0n) is 14.0. The number of halogens is 1. The van der Waals surface area contributed by atoms with Gasteiger partial charge in [-0.1, -0.05) is 42.5 Å². The van der Waals surface area contributed by atoms with E-state index in [0.29, 0.717) is 18.9 Å². The van der Waals surface area contributed by atoms with E-state index in [1.165, 1.54) is 16.8 Å². The first-order valence-corrected chi connectivity index (χ1v) is 9.03. The molecule has 1 N–H and O–H groups in total. The molecular weight excluding hydrogens is 299 g/mol. The van der Waals surface area contributed by atoms with Crippen LogP contribution < -0.4 is 5.32 Å². The van der Waals surface area contributed by atoms with Gasteiger partial charge in [0.15, 0.2) is 0 Å². The molecule has 0 aromatic heterocycles. The van der Waals surface area contributed by atoms with E-state index in [2.05, 4.69) is 28.4 Å².